The molecule has 1 aliphatic rings. The van der Waals surface area contributed by atoms with Crippen LogP contribution in [0.25, 0.3) is 10.9 Å². The number of piperidine rings is 1. The fraction of sp³-hybridized carbons (Fsp3) is 0.462. The quantitative estimate of drug-likeness (QED) is 0.291. The van der Waals surface area contributed by atoms with Crippen molar-refractivity contribution in [3.05, 3.63) is 54.7 Å². The maximum Gasteiger partial charge on any atom is 0.308 e. The molecule has 35 heavy (non-hydrogen) atoms. The maximum absolute atomic E-state index is 15.4. The smallest absolute Gasteiger partial charge is 0.308 e. The summed E-state index contributed by atoms with van der Waals surface area (Å²) >= 11 is 1.71. The summed E-state index contributed by atoms with van der Waals surface area (Å²) in [6.45, 7) is 2.22. The zero-order valence-corrected chi connectivity index (χ0v) is 20.7. The average molecular weight is 499 g/mol. The first kappa shape index (κ1) is 25.3. The number of fused-ring (bicyclic) bond motifs is 1. The molecule has 1 N–H and O–H groups in total. The van der Waals surface area contributed by atoms with E-state index in [1.807, 2.05) is 18.2 Å². The number of carbonyl (C=O) groups is 1. The first-order valence-electron chi connectivity index (χ1n) is 11.9. The number of halogens is 1. The van der Waals surface area contributed by atoms with Gasteiger partial charge >= 0.3 is 5.97 Å². The number of hydrogen-bond acceptors (Lipinski definition) is 7. The van der Waals surface area contributed by atoms with Gasteiger partial charge in [-0.2, -0.15) is 0 Å². The molecule has 1 aliphatic heterocycles. The van der Waals surface area contributed by atoms with Gasteiger partial charge in [0.1, 0.15) is 18.2 Å². The SMILES string of the molecule is COc1ccc2nccc(C(F)CC[C@@H]3CCN(CCCSc4cncnc4)C[C@@H]3C(=O)O)c2c1. The molecule has 4 rings (SSSR count). The van der Waals surface area contributed by atoms with Gasteiger partial charge in [0.15, 0.2) is 0 Å². The number of hydrogen-bond donors (Lipinski definition) is 1. The highest BCUT2D eigenvalue weighted by Crippen LogP contribution is 2.35. The number of ether oxygens (including phenoxy) is 1. The number of benzene rings is 1. The first-order valence-corrected chi connectivity index (χ1v) is 12.9. The van der Waals surface area contributed by atoms with Crippen molar-refractivity contribution >= 4 is 28.6 Å². The summed E-state index contributed by atoms with van der Waals surface area (Å²) in [6.07, 6.45) is 8.12. The van der Waals surface area contributed by atoms with E-state index in [4.69, 9.17) is 4.74 Å². The molecule has 3 aromatic rings. The molecular formula is C26H31FN4O3S. The van der Waals surface area contributed by atoms with E-state index in [1.165, 1.54) is 6.33 Å². The summed E-state index contributed by atoms with van der Waals surface area (Å²) in [4.78, 5) is 27.7. The number of carboxylic acid groups (broad SMARTS) is 1. The Labute approximate surface area is 209 Å². The number of rotatable bonds is 11. The van der Waals surface area contributed by atoms with Gasteiger partial charge in [-0.3, -0.25) is 9.78 Å². The number of alkyl halides is 1. The molecular weight excluding hydrogens is 467 g/mol. The maximum atomic E-state index is 15.4. The fourth-order valence-electron chi connectivity index (χ4n) is 4.80. The molecule has 3 atom stereocenters. The van der Waals surface area contributed by atoms with Crippen LogP contribution in [0.4, 0.5) is 4.39 Å². The Hall–Kier alpha value is -2.78. The van der Waals surface area contributed by atoms with Gasteiger partial charge in [0, 0.05) is 35.4 Å². The Bertz CT molecular complexity index is 1120. The zero-order valence-electron chi connectivity index (χ0n) is 19.8. The number of methoxy groups -OCH3 is 1. The number of aromatic nitrogens is 3. The molecule has 7 nitrogen and oxygen atoms in total. The molecule has 186 valence electrons. The van der Waals surface area contributed by atoms with Crippen molar-refractivity contribution in [2.24, 2.45) is 11.8 Å². The Morgan fingerprint density at radius 2 is 2.14 bits per heavy atom. The van der Waals surface area contributed by atoms with Crippen LogP contribution in [0.1, 0.15) is 37.4 Å². The van der Waals surface area contributed by atoms with E-state index < -0.39 is 18.1 Å². The molecule has 2 aromatic heterocycles. The highest BCUT2D eigenvalue weighted by atomic mass is 32.2. The van der Waals surface area contributed by atoms with E-state index in [2.05, 4.69) is 19.9 Å². The van der Waals surface area contributed by atoms with E-state index >= 15 is 4.39 Å². The molecule has 0 saturated carbocycles. The van der Waals surface area contributed by atoms with Crippen molar-refractivity contribution in [1.29, 1.82) is 0 Å². The lowest BCUT2D eigenvalue weighted by molar-refractivity contribution is -0.146. The average Bonchev–Trinajstić information content (AvgIpc) is 2.89. The van der Waals surface area contributed by atoms with Crippen LogP contribution < -0.4 is 4.74 Å². The summed E-state index contributed by atoms with van der Waals surface area (Å²) < 4.78 is 20.7. The molecule has 1 saturated heterocycles. The highest BCUT2D eigenvalue weighted by molar-refractivity contribution is 7.99. The van der Waals surface area contributed by atoms with Crippen molar-refractivity contribution in [3.8, 4) is 5.75 Å². The third kappa shape index (κ3) is 6.67. The molecule has 1 unspecified atom stereocenters. The van der Waals surface area contributed by atoms with Crippen LogP contribution in [-0.4, -0.2) is 63.4 Å². The monoisotopic (exact) mass is 498 g/mol. The van der Waals surface area contributed by atoms with Crippen molar-refractivity contribution in [1.82, 2.24) is 19.9 Å². The standard InChI is InChI=1S/C26H31FN4O3S/c1-34-19-4-6-25-22(13-19)21(7-9-30-25)24(27)5-3-18-8-11-31(16-23(18)26(32)33)10-2-12-35-20-14-28-17-29-15-20/h4,6-7,9,13-15,17-18,23-24H,2-3,5,8,10-12,16H2,1H3,(H,32,33)/t18-,23+,24?/m1/s1. The minimum Gasteiger partial charge on any atom is -0.497 e. The molecule has 0 radical (unpaired) electrons. The highest BCUT2D eigenvalue weighted by Gasteiger charge is 2.34. The normalized spacial score (nSPS) is 19.5. The number of pyridine rings is 1. The van der Waals surface area contributed by atoms with Crippen LogP contribution in [0.3, 0.4) is 0 Å². The molecule has 1 fully saturated rings. The Kier molecular flexibility index (Phi) is 8.87. The molecule has 1 aromatic carbocycles. The second-order valence-electron chi connectivity index (χ2n) is 8.90. The van der Waals surface area contributed by atoms with E-state index in [0.717, 1.165) is 47.5 Å². The van der Waals surface area contributed by atoms with Gasteiger partial charge in [-0.05, 0) is 80.3 Å². The van der Waals surface area contributed by atoms with E-state index in [1.54, 1.807) is 43.5 Å². The van der Waals surface area contributed by atoms with Crippen LogP contribution >= 0.6 is 11.8 Å². The van der Waals surface area contributed by atoms with Crippen LogP contribution in [0, 0.1) is 11.8 Å². The molecule has 0 amide bonds. The Morgan fingerprint density at radius 1 is 1.31 bits per heavy atom. The molecule has 0 aliphatic carbocycles. The van der Waals surface area contributed by atoms with Crippen molar-refractivity contribution in [3.63, 3.8) is 0 Å². The van der Waals surface area contributed by atoms with Crippen molar-refractivity contribution < 1.29 is 19.0 Å². The van der Waals surface area contributed by atoms with Crippen LogP contribution in [0.2, 0.25) is 0 Å². The van der Waals surface area contributed by atoms with Crippen LogP contribution in [-0.2, 0) is 4.79 Å². The largest absolute Gasteiger partial charge is 0.497 e. The lowest BCUT2D eigenvalue weighted by Gasteiger charge is -2.36. The van der Waals surface area contributed by atoms with Gasteiger partial charge in [0.2, 0.25) is 0 Å². The number of aliphatic carboxylic acids is 1. The predicted octanol–water partition coefficient (Wildman–Crippen LogP) is 5.03. The van der Waals surface area contributed by atoms with Gasteiger partial charge in [-0.15, -0.1) is 11.8 Å². The minimum atomic E-state index is -1.18. The number of thioether (sulfide) groups is 1. The van der Waals surface area contributed by atoms with E-state index in [0.29, 0.717) is 30.7 Å². The second-order valence-corrected chi connectivity index (χ2v) is 10.1. The van der Waals surface area contributed by atoms with Gasteiger partial charge in [-0.25, -0.2) is 14.4 Å². The van der Waals surface area contributed by atoms with Crippen molar-refractivity contribution in [2.75, 3.05) is 32.5 Å². The number of carboxylic acids is 1. The Morgan fingerprint density at radius 3 is 2.91 bits per heavy atom. The van der Waals surface area contributed by atoms with E-state index in [9.17, 15) is 9.90 Å². The molecule has 3 heterocycles. The summed E-state index contributed by atoms with van der Waals surface area (Å²) in [5.41, 5.74) is 1.31. The third-order valence-corrected chi connectivity index (χ3v) is 7.73. The molecule has 0 bridgehead atoms. The third-order valence-electron chi connectivity index (χ3n) is 6.69. The topological polar surface area (TPSA) is 88.4 Å². The lowest BCUT2D eigenvalue weighted by atomic mass is 9.81. The van der Waals surface area contributed by atoms with Crippen molar-refractivity contribution in [2.45, 2.75) is 36.8 Å². The van der Waals surface area contributed by atoms with E-state index in [-0.39, 0.29) is 5.92 Å². The van der Waals surface area contributed by atoms with Gasteiger partial charge in [0.25, 0.3) is 0 Å². The number of nitrogens with zero attached hydrogens (tertiary/aromatic N) is 4. The second kappa shape index (κ2) is 12.3. The summed E-state index contributed by atoms with van der Waals surface area (Å²) in [7, 11) is 1.58. The predicted molar refractivity (Wildman–Crippen MR) is 134 cm³/mol. The summed E-state index contributed by atoms with van der Waals surface area (Å²) in [6, 6.07) is 7.16. The van der Waals surface area contributed by atoms with Gasteiger partial charge in [-0.1, -0.05) is 0 Å². The van der Waals surface area contributed by atoms with Gasteiger partial charge in [0.05, 0.1) is 18.5 Å². The molecule has 0 spiro atoms. The Balaban J connectivity index is 1.30. The van der Waals surface area contributed by atoms with Crippen LogP contribution in [0.15, 0.2) is 54.1 Å². The summed E-state index contributed by atoms with van der Waals surface area (Å²) in [5.74, 6) is 0.304. The minimum absolute atomic E-state index is 0.0273. The van der Waals surface area contributed by atoms with Gasteiger partial charge < -0.3 is 14.7 Å². The zero-order chi connectivity index (χ0) is 24.6. The lowest BCUT2D eigenvalue weighted by Crippen LogP contribution is -2.44. The first-order chi connectivity index (χ1) is 17.0. The van der Waals surface area contributed by atoms with Crippen LogP contribution in [0.5, 0.6) is 5.75 Å². The summed E-state index contributed by atoms with van der Waals surface area (Å²) in [5, 5.41) is 10.6. The fourth-order valence-corrected chi connectivity index (χ4v) is 5.58. The molecule has 9 heteroatoms. The number of likely N-dealkylation sites (tertiary alicyclic amines) is 1.